The van der Waals surface area contributed by atoms with Crippen molar-refractivity contribution in [3.8, 4) is 11.3 Å². The molecule has 1 amide bonds. The van der Waals surface area contributed by atoms with Gasteiger partial charge in [-0.3, -0.25) is 4.79 Å². The molecular formula is C26H33ClN6O2. The van der Waals surface area contributed by atoms with Gasteiger partial charge in [0.25, 0.3) is 5.91 Å². The number of hydrogen-bond acceptors (Lipinski definition) is 6. The highest BCUT2D eigenvalue weighted by Gasteiger charge is 2.25. The third-order valence-corrected chi connectivity index (χ3v) is 6.71. The fourth-order valence-corrected chi connectivity index (χ4v) is 4.49. The first-order valence-corrected chi connectivity index (χ1v) is 12.7. The third kappa shape index (κ3) is 5.54. The van der Waals surface area contributed by atoms with E-state index >= 15 is 0 Å². The monoisotopic (exact) mass is 496 g/mol. The smallest absolute Gasteiger partial charge is 0.251 e. The van der Waals surface area contributed by atoms with Gasteiger partial charge >= 0.3 is 0 Å². The summed E-state index contributed by atoms with van der Waals surface area (Å²) < 4.78 is 7.33. The summed E-state index contributed by atoms with van der Waals surface area (Å²) in [5.41, 5.74) is 3.63. The topological polar surface area (TPSA) is 92.6 Å². The Hall–Kier alpha value is -2.84. The molecule has 1 aliphatic carbocycles. The van der Waals surface area contributed by atoms with Gasteiger partial charge in [-0.25, -0.2) is 9.50 Å². The number of amides is 1. The van der Waals surface area contributed by atoms with Gasteiger partial charge < -0.3 is 20.7 Å². The molecule has 0 spiro atoms. The highest BCUT2D eigenvalue weighted by molar-refractivity contribution is 6.36. The number of fused-ring (bicyclic) bond motifs is 1. The Morgan fingerprint density at radius 1 is 1.14 bits per heavy atom. The van der Waals surface area contributed by atoms with Crippen LogP contribution >= 0.6 is 11.6 Å². The first kappa shape index (κ1) is 23.9. The van der Waals surface area contributed by atoms with Crippen molar-refractivity contribution < 1.29 is 9.53 Å². The molecule has 186 valence electrons. The SMILES string of the molecule is CC(C)(C)Nc1nn2c(-c3ccc(C(=O)NC4CC4)cc3)cnc2c(NCC2CCOCC2)c1Cl. The number of carbonyl (C=O) groups is 1. The van der Waals surface area contributed by atoms with Gasteiger partial charge in [0.15, 0.2) is 11.5 Å². The van der Waals surface area contributed by atoms with E-state index in [9.17, 15) is 4.79 Å². The molecule has 3 aromatic rings. The van der Waals surface area contributed by atoms with Gasteiger partial charge in [-0.05, 0) is 64.5 Å². The lowest BCUT2D eigenvalue weighted by Gasteiger charge is -2.25. The van der Waals surface area contributed by atoms with E-state index in [0.29, 0.717) is 34.0 Å². The van der Waals surface area contributed by atoms with Gasteiger partial charge in [0, 0.05) is 42.5 Å². The number of halogens is 1. The van der Waals surface area contributed by atoms with E-state index in [0.717, 1.165) is 62.4 Å². The van der Waals surface area contributed by atoms with Gasteiger partial charge in [-0.1, -0.05) is 23.7 Å². The Kier molecular flexibility index (Phi) is 6.59. The lowest BCUT2D eigenvalue weighted by Crippen LogP contribution is -2.28. The van der Waals surface area contributed by atoms with Gasteiger partial charge in [-0.2, -0.15) is 0 Å². The summed E-state index contributed by atoms with van der Waals surface area (Å²) in [6.45, 7) is 8.61. The predicted molar refractivity (Wildman–Crippen MR) is 139 cm³/mol. The average molecular weight is 497 g/mol. The number of imidazole rings is 1. The molecule has 3 heterocycles. The van der Waals surface area contributed by atoms with Crippen LogP contribution in [0.3, 0.4) is 0 Å². The predicted octanol–water partition coefficient (Wildman–Crippen LogP) is 4.99. The third-order valence-electron chi connectivity index (χ3n) is 6.35. The van der Waals surface area contributed by atoms with Crippen LogP contribution in [0, 0.1) is 5.92 Å². The fraction of sp³-hybridized carbons (Fsp3) is 0.500. The Morgan fingerprint density at radius 2 is 1.86 bits per heavy atom. The van der Waals surface area contributed by atoms with E-state index in [2.05, 4.69) is 41.7 Å². The minimum absolute atomic E-state index is 0.0293. The molecule has 1 saturated carbocycles. The van der Waals surface area contributed by atoms with E-state index in [1.165, 1.54) is 0 Å². The van der Waals surface area contributed by atoms with E-state index < -0.39 is 0 Å². The largest absolute Gasteiger partial charge is 0.381 e. The summed E-state index contributed by atoms with van der Waals surface area (Å²) in [5, 5.41) is 15.4. The normalized spacial score (nSPS) is 16.9. The zero-order valence-corrected chi connectivity index (χ0v) is 21.3. The molecule has 2 fully saturated rings. The maximum atomic E-state index is 12.4. The molecule has 3 N–H and O–H groups in total. The number of aromatic nitrogens is 3. The molecule has 0 radical (unpaired) electrons. The quantitative estimate of drug-likeness (QED) is 0.426. The van der Waals surface area contributed by atoms with Gasteiger partial charge in [0.1, 0.15) is 10.7 Å². The van der Waals surface area contributed by atoms with Crippen molar-refractivity contribution in [3.05, 3.63) is 41.0 Å². The summed E-state index contributed by atoms with van der Waals surface area (Å²) in [6, 6.07) is 7.90. The number of carbonyl (C=O) groups excluding carboxylic acids is 1. The molecule has 1 saturated heterocycles. The van der Waals surface area contributed by atoms with Crippen LogP contribution in [0.25, 0.3) is 16.9 Å². The van der Waals surface area contributed by atoms with Gasteiger partial charge in [0.2, 0.25) is 0 Å². The highest BCUT2D eigenvalue weighted by atomic mass is 35.5. The number of nitrogens with zero attached hydrogens (tertiary/aromatic N) is 3. The number of hydrogen-bond donors (Lipinski definition) is 3. The zero-order valence-electron chi connectivity index (χ0n) is 20.5. The van der Waals surface area contributed by atoms with Crippen molar-refractivity contribution in [1.29, 1.82) is 0 Å². The van der Waals surface area contributed by atoms with E-state index in [-0.39, 0.29) is 11.4 Å². The molecule has 1 aliphatic heterocycles. The van der Waals surface area contributed by atoms with Crippen LogP contribution in [0.2, 0.25) is 5.02 Å². The van der Waals surface area contributed by atoms with Crippen LogP contribution in [-0.2, 0) is 4.74 Å². The molecule has 5 rings (SSSR count). The Morgan fingerprint density at radius 3 is 2.51 bits per heavy atom. The zero-order chi connectivity index (χ0) is 24.6. The van der Waals surface area contributed by atoms with E-state index in [1.54, 1.807) is 6.20 Å². The van der Waals surface area contributed by atoms with Crippen molar-refractivity contribution >= 4 is 34.7 Å². The van der Waals surface area contributed by atoms with Crippen LogP contribution in [0.4, 0.5) is 11.5 Å². The van der Waals surface area contributed by atoms with Crippen LogP contribution < -0.4 is 16.0 Å². The van der Waals surface area contributed by atoms with Crippen molar-refractivity contribution in [3.63, 3.8) is 0 Å². The van der Waals surface area contributed by atoms with Crippen molar-refractivity contribution in [2.45, 2.75) is 58.0 Å². The number of rotatable bonds is 7. The molecule has 0 unspecified atom stereocenters. The Bertz CT molecular complexity index is 1210. The van der Waals surface area contributed by atoms with Crippen LogP contribution in [-0.4, -0.2) is 51.8 Å². The van der Waals surface area contributed by atoms with Gasteiger partial charge in [0.05, 0.1) is 11.9 Å². The first-order chi connectivity index (χ1) is 16.8. The van der Waals surface area contributed by atoms with E-state index in [4.69, 9.17) is 21.4 Å². The van der Waals surface area contributed by atoms with Crippen molar-refractivity contribution in [1.82, 2.24) is 19.9 Å². The van der Waals surface area contributed by atoms with Crippen molar-refractivity contribution in [2.75, 3.05) is 30.4 Å². The Balaban J connectivity index is 1.48. The standard InChI is InChI=1S/C26H33ClN6O2/c1-26(2,3)31-23-21(27)22(28-14-16-10-12-35-13-11-16)24-29-15-20(33(24)32-23)17-4-6-18(7-5-17)25(34)30-19-8-9-19/h4-7,15-16,19,28H,8-14H2,1-3H3,(H,30,34)(H,31,32). The lowest BCUT2D eigenvalue weighted by atomic mass is 10.0. The molecule has 0 atom stereocenters. The molecule has 9 heteroatoms. The fourth-order valence-electron chi connectivity index (χ4n) is 4.25. The minimum Gasteiger partial charge on any atom is -0.381 e. The molecule has 35 heavy (non-hydrogen) atoms. The minimum atomic E-state index is -0.223. The first-order valence-electron chi connectivity index (χ1n) is 12.4. The summed E-state index contributed by atoms with van der Waals surface area (Å²) >= 11 is 6.86. The summed E-state index contributed by atoms with van der Waals surface area (Å²) in [6.07, 6.45) is 5.99. The maximum Gasteiger partial charge on any atom is 0.251 e. The molecule has 1 aromatic carbocycles. The summed E-state index contributed by atoms with van der Waals surface area (Å²) in [4.78, 5) is 17.1. The number of benzene rings is 1. The summed E-state index contributed by atoms with van der Waals surface area (Å²) in [5.74, 6) is 1.09. The second-order valence-corrected chi connectivity index (χ2v) is 10.9. The second kappa shape index (κ2) is 9.66. The van der Waals surface area contributed by atoms with Crippen LogP contribution in [0.5, 0.6) is 0 Å². The highest BCUT2D eigenvalue weighted by Crippen LogP contribution is 2.36. The second-order valence-electron chi connectivity index (χ2n) is 10.6. The molecule has 2 aliphatic rings. The molecule has 0 bridgehead atoms. The molecular weight excluding hydrogens is 464 g/mol. The van der Waals surface area contributed by atoms with E-state index in [1.807, 2.05) is 28.8 Å². The molecule has 8 nitrogen and oxygen atoms in total. The van der Waals surface area contributed by atoms with Gasteiger partial charge in [-0.15, -0.1) is 5.10 Å². The number of anilines is 2. The average Bonchev–Trinajstić information content (AvgIpc) is 3.55. The lowest BCUT2D eigenvalue weighted by molar-refractivity contribution is 0.0699. The summed E-state index contributed by atoms with van der Waals surface area (Å²) in [7, 11) is 0. The molecule has 2 aromatic heterocycles. The Labute approximate surface area is 210 Å². The number of nitrogens with one attached hydrogen (secondary N) is 3. The number of ether oxygens (including phenoxy) is 1. The van der Waals surface area contributed by atoms with Crippen LogP contribution in [0.1, 0.15) is 56.8 Å². The maximum absolute atomic E-state index is 12.4. The van der Waals surface area contributed by atoms with Crippen LogP contribution in [0.15, 0.2) is 30.5 Å². The van der Waals surface area contributed by atoms with Crippen molar-refractivity contribution in [2.24, 2.45) is 5.92 Å².